The van der Waals surface area contributed by atoms with Crippen molar-refractivity contribution in [1.29, 1.82) is 0 Å². The molecule has 0 amide bonds. The van der Waals surface area contributed by atoms with E-state index >= 15 is 0 Å². The Morgan fingerprint density at radius 3 is 0.899 bits per heavy atom. The van der Waals surface area contributed by atoms with Gasteiger partial charge in [-0.3, -0.25) is 14.4 Å². The molecule has 0 saturated heterocycles. The zero-order chi connectivity index (χ0) is 50.0. The van der Waals surface area contributed by atoms with Crippen molar-refractivity contribution in [2.75, 3.05) is 13.2 Å². The quantitative estimate of drug-likeness (QED) is 0.0262. The van der Waals surface area contributed by atoms with E-state index in [1.165, 1.54) is 103 Å². The van der Waals surface area contributed by atoms with E-state index in [1.807, 2.05) is 72.9 Å². The fraction of sp³-hybridized carbons (Fsp3) is 0.635. The maximum absolute atomic E-state index is 12.9. The molecule has 0 aromatic rings. The van der Waals surface area contributed by atoms with E-state index in [-0.39, 0.29) is 31.1 Å². The molecule has 1 unspecified atom stereocenters. The number of allylic oxidation sites excluding steroid dienone is 20. The molecule has 0 aromatic heterocycles. The fourth-order valence-electron chi connectivity index (χ4n) is 7.54. The number of esters is 3. The number of ether oxygens (including phenoxy) is 3. The van der Waals surface area contributed by atoms with Gasteiger partial charge in [-0.2, -0.15) is 0 Å². The molecule has 0 N–H and O–H groups in total. The highest BCUT2D eigenvalue weighted by Gasteiger charge is 2.19. The van der Waals surface area contributed by atoms with Crippen LogP contribution in [-0.4, -0.2) is 37.2 Å². The smallest absolute Gasteiger partial charge is 0.306 e. The van der Waals surface area contributed by atoms with Gasteiger partial charge >= 0.3 is 17.9 Å². The third kappa shape index (κ3) is 54.6. The average molecular weight is 956 g/mol. The summed E-state index contributed by atoms with van der Waals surface area (Å²) in [6.07, 6.45) is 77.6. The van der Waals surface area contributed by atoms with Crippen LogP contribution in [0.5, 0.6) is 0 Å². The Hall–Kier alpha value is -4.19. The van der Waals surface area contributed by atoms with Crippen molar-refractivity contribution in [3.8, 4) is 0 Å². The van der Waals surface area contributed by atoms with E-state index < -0.39 is 6.10 Å². The SMILES string of the molecule is CC/C=C/C=C/C=C/C=C/C=C/C=C/C=C/CCCCCC(=O)OCC(COC(=O)CCCCCCC/C=C/C=C/C=C/CC)OC(=O)CCCCCCCCCCCCCCCCCCCCC. The van der Waals surface area contributed by atoms with Gasteiger partial charge in [0.15, 0.2) is 6.10 Å². The Labute approximate surface area is 424 Å². The van der Waals surface area contributed by atoms with Gasteiger partial charge in [0.1, 0.15) is 13.2 Å². The lowest BCUT2D eigenvalue weighted by Crippen LogP contribution is -2.30. The lowest BCUT2D eigenvalue weighted by molar-refractivity contribution is -0.167. The molecule has 0 rings (SSSR count). The third-order valence-electron chi connectivity index (χ3n) is 11.7. The predicted octanol–water partition coefficient (Wildman–Crippen LogP) is 18.9. The summed E-state index contributed by atoms with van der Waals surface area (Å²) in [6.45, 7) is 6.31. The summed E-state index contributed by atoms with van der Waals surface area (Å²) in [5, 5.41) is 0. The highest BCUT2D eigenvalue weighted by atomic mass is 16.6. The fourth-order valence-corrected chi connectivity index (χ4v) is 7.54. The Kier molecular flexibility index (Phi) is 53.0. The number of hydrogen-bond acceptors (Lipinski definition) is 6. The Morgan fingerprint density at radius 1 is 0.304 bits per heavy atom. The summed E-state index contributed by atoms with van der Waals surface area (Å²) >= 11 is 0. The van der Waals surface area contributed by atoms with Crippen LogP contribution in [0.3, 0.4) is 0 Å². The number of unbranched alkanes of at least 4 members (excludes halogenated alkanes) is 26. The predicted molar refractivity (Wildman–Crippen MR) is 297 cm³/mol. The van der Waals surface area contributed by atoms with Crippen LogP contribution in [0.25, 0.3) is 0 Å². The summed E-state index contributed by atoms with van der Waals surface area (Å²) in [4.78, 5) is 38.1. The molecule has 6 heteroatoms. The van der Waals surface area contributed by atoms with Crippen molar-refractivity contribution in [3.05, 3.63) is 122 Å². The lowest BCUT2D eigenvalue weighted by atomic mass is 10.0. The van der Waals surface area contributed by atoms with Crippen molar-refractivity contribution in [3.63, 3.8) is 0 Å². The van der Waals surface area contributed by atoms with E-state index in [4.69, 9.17) is 14.2 Å². The number of carbonyl (C=O) groups is 3. The highest BCUT2D eigenvalue weighted by molar-refractivity contribution is 5.71. The monoisotopic (exact) mass is 955 g/mol. The minimum absolute atomic E-state index is 0.105. The van der Waals surface area contributed by atoms with Gasteiger partial charge in [-0.1, -0.05) is 284 Å². The molecular weight excluding hydrogens is 853 g/mol. The Morgan fingerprint density at radius 2 is 0.565 bits per heavy atom. The molecule has 1 atom stereocenters. The van der Waals surface area contributed by atoms with E-state index in [9.17, 15) is 14.4 Å². The minimum atomic E-state index is -0.808. The number of rotatable bonds is 49. The molecular formula is C63H102O6. The molecule has 6 nitrogen and oxygen atoms in total. The van der Waals surface area contributed by atoms with E-state index in [2.05, 4.69) is 69.4 Å². The van der Waals surface area contributed by atoms with Gasteiger partial charge in [-0.05, 0) is 57.8 Å². The van der Waals surface area contributed by atoms with Crippen LogP contribution in [0.15, 0.2) is 122 Å². The van der Waals surface area contributed by atoms with E-state index in [1.54, 1.807) is 0 Å². The normalized spacial score (nSPS) is 13.0. The van der Waals surface area contributed by atoms with Gasteiger partial charge in [0.2, 0.25) is 0 Å². The second-order valence-corrected chi connectivity index (χ2v) is 18.3. The van der Waals surface area contributed by atoms with Gasteiger partial charge in [-0.15, -0.1) is 0 Å². The van der Waals surface area contributed by atoms with Crippen molar-refractivity contribution in [1.82, 2.24) is 0 Å². The van der Waals surface area contributed by atoms with Crippen LogP contribution in [0.1, 0.15) is 239 Å². The minimum Gasteiger partial charge on any atom is -0.462 e. The molecule has 0 radical (unpaired) electrons. The third-order valence-corrected chi connectivity index (χ3v) is 11.7. The van der Waals surface area contributed by atoms with Crippen LogP contribution in [-0.2, 0) is 28.6 Å². The Balaban J connectivity index is 4.49. The maximum atomic E-state index is 12.9. The van der Waals surface area contributed by atoms with Crippen LogP contribution in [0.2, 0.25) is 0 Å². The second kappa shape index (κ2) is 56.4. The van der Waals surface area contributed by atoms with Gasteiger partial charge < -0.3 is 14.2 Å². The van der Waals surface area contributed by atoms with Crippen molar-refractivity contribution >= 4 is 17.9 Å². The molecule has 0 heterocycles. The van der Waals surface area contributed by atoms with Crippen molar-refractivity contribution in [2.45, 2.75) is 245 Å². The summed E-state index contributed by atoms with van der Waals surface area (Å²) in [5.41, 5.74) is 0. The first-order valence-corrected chi connectivity index (χ1v) is 28.2. The first-order chi connectivity index (χ1) is 34.0. The molecule has 69 heavy (non-hydrogen) atoms. The zero-order valence-corrected chi connectivity index (χ0v) is 44.5. The molecule has 0 aliphatic carbocycles. The van der Waals surface area contributed by atoms with Gasteiger partial charge in [0.25, 0.3) is 0 Å². The van der Waals surface area contributed by atoms with Gasteiger partial charge in [0.05, 0.1) is 0 Å². The lowest BCUT2D eigenvalue weighted by Gasteiger charge is -2.18. The molecule has 0 fully saturated rings. The second-order valence-electron chi connectivity index (χ2n) is 18.3. The molecule has 0 spiro atoms. The first kappa shape index (κ1) is 64.8. The summed E-state index contributed by atoms with van der Waals surface area (Å²) in [5.74, 6) is -0.969. The topological polar surface area (TPSA) is 78.9 Å². The molecule has 390 valence electrons. The molecule has 0 aromatic carbocycles. The average Bonchev–Trinajstić information content (AvgIpc) is 3.35. The van der Waals surface area contributed by atoms with Gasteiger partial charge in [0, 0.05) is 19.3 Å². The molecule has 0 aliphatic rings. The largest absolute Gasteiger partial charge is 0.462 e. The van der Waals surface area contributed by atoms with E-state index in [0.29, 0.717) is 19.3 Å². The van der Waals surface area contributed by atoms with E-state index in [0.717, 1.165) is 96.3 Å². The van der Waals surface area contributed by atoms with Gasteiger partial charge in [-0.25, -0.2) is 0 Å². The molecule has 0 bridgehead atoms. The first-order valence-electron chi connectivity index (χ1n) is 28.2. The summed E-state index contributed by atoms with van der Waals surface area (Å²) in [7, 11) is 0. The van der Waals surface area contributed by atoms with Crippen molar-refractivity contribution < 1.29 is 28.6 Å². The maximum Gasteiger partial charge on any atom is 0.306 e. The Bertz CT molecular complexity index is 1470. The summed E-state index contributed by atoms with van der Waals surface area (Å²) in [6, 6.07) is 0. The van der Waals surface area contributed by atoms with Crippen molar-refractivity contribution in [2.24, 2.45) is 0 Å². The molecule has 0 aliphatic heterocycles. The van der Waals surface area contributed by atoms with Crippen LogP contribution >= 0.6 is 0 Å². The zero-order valence-electron chi connectivity index (χ0n) is 44.5. The molecule has 0 saturated carbocycles. The van der Waals surface area contributed by atoms with Crippen LogP contribution in [0.4, 0.5) is 0 Å². The van der Waals surface area contributed by atoms with Crippen LogP contribution < -0.4 is 0 Å². The number of hydrogen-bond donors (Lipinski definition) is 0. The van der Waals surface area contributed by atoms with Crippen LogP contribution in [0, 0.1) is 0 Å². The standard InChI is InChI=1S/C63H102O6/c1-4-7-10-13-16-19-22-25-27-29-31-33-35-38-41-44-47-50-53-56-62(65)68-59-60(58-67-61(64)55-52-49-46-43-40-37-24-21-18-15-12-9-6-3)69-63(66)57-54-51-48-45-42-39-36-34-32-30-28-26-23-20-17-14-11-8-5-2/h7,9-10,12-13,15-16,18-19,21-22,24-25,27,29,31,33,35,38,41,60H,4-6,8,11,14,17,20,23,26,28,30,32,34,36-37,39-40,42-59H2,1-3H3/b10-7+,12-9+,16-13+,18-15+,22-19+,24-21+,27-25+,31-29+,35-33+,41-38+. The number of carbonyl (C=O) groups excluding carboxylic acids is 3. The summed E-state index contributed by atoms with van der Waals surface area (Å²) < 4.78 is 16.8. The highest BCUT2D eigenvalue weighted by Crippen LogP contribution is 2.16.